The number of piperidine rings is 1. The van der Waals surface area contributed by atoms with E-state index in [1.807, 2.05) is 53.1 Å². The predicted molar refractivity (Wildman–Crippen MR) is 144 cm³/mol. The molecule has 188 valence electrons. The smallest absolute Gasteiger partial charge is 0.258 e. The summed E-state index contributed by atoms with van der Waals surface area (Å²) in [6.07, 6.45) is 0.863. The summed E-state index contributed by atoms with van der Waals surface area (Å²) in [5.74, 6) is -0.194. The van der Waals surface area contributed by atoms with Crippen molar-refractivity contribution in [3.8, 4) is 11.1 Å². The van der Waals surface area contributed by atoms with E-state index in [-0.39, 0.29) is 28.2 Å². The lowest BCUT2D eigenvalue weighted by Crippen LogP contribution is -2.49. The van der Waals surface area contributed by atoms with E-state index in [1.165, 1.54) is 19.1 Å². The summed E-state index contributed by atoms with van der Waals surface area (Å²) in [6.45, 7) is 2.62. The van der Waals surface area contributed by atoms with E-state index < -0.39 is 10.0 Å². The van der Waals surface area contributed by atoms with Gasteiger partial charge in [-0.25, -0.2) is 8.42 Å². The molecule has 0 radical (unpaired) electrons. The molecule has 0 spiro atoms. The molecular weight excluding hydrogens is 486 g/mol. The highest BCUT2D eigenvalue weighted by Gasteiger charge is 2.39. The molecule has 1 amide bonds. The SMILES string of the molecule is CC(=O)Nc1ccc(S(=O)(=O)N2C[C@H]3C[C@H](C2)c2ccc(-c4ccc5ccccc5c4)c(=O)n2C3)cc1. The molecule has 4 aromatic rings. The first-order valence-electron chi connectivity index (χ1n) is 12.4. The summed E-state index contributed by atoms with van der Waals surface area (Å²) >= 11 is 0. The van der Waals surface area contributed by atoms with Crippen LogP contribution < -0.4 is 10.9 Å². The highest BCUT2D eigenvalue weighted by atomic mass is 32.2. The predicted octanol–water partition coefficient (Wildman–Crippen LogP) is 4.43. The van der Waals surface area contributed by atoms with Crippen molar-refractivity contribution >= 4 is 32.4 Å². The van der Waals surface area contributed by atoms with Gasteiger partial charge in [-0.3, -0.25) is 9.59 Å². The molecule has 2 aliphatic heterocycles. The summed E-state index contributed by atoms with van der Waals surface area (Å²) in [4.78, 5) is 25.1. The van der Waals surface area contributed by atoms with Crippen LogP contribution in [0, 0.1) is 5.92 Å². The number of fused-ring (bicyclic) bond motifs is 5. The highest BCUT2D eigenvalue weighted by Crippen LogP contribution is 2.38. The molecule has 2 aliphatic rings. The van der Waals surface area contributed by atoms with Crippen molar-refractivity contribution in [1.29, 1.82) is 0 Å². The Balaban J connectivity index is 1.29. The lowest BCUT2D eigenvalue weighted by molar-refractivity contribution is -0.114. The minimum absolute atomic E-state index is 0.0210. The third kappa shape index (κ3) is 4.26. The topological polar surface area (TPSA) is 88.5 Å². The van der Waals surface area contributed by atoms with Crippen LogP contribution in [0.4, 0.5) is 5.69 Å². The summed E-state index contributed by atoms with van der Waals surface area (Å²) in [6, 6.07) is 24.3. The van der Waals surface area contributed by atoms with Gasteiger partial charge in [-0.2, -0.15) is 4.31 Å². The average Bonchev–Trinajstić information content (AvgIpc) is 2.89. The van der Waals surface area contributed by atoms with Crippen LogP contribution in [0.1, 0.15) is 25.0 Å². The molecule has 0 aliphatic carbocycles. The molecular formula is C29H27N3O4S. The first-order chi connectivity index (χ1) is 17.8. The second-order valence-corrected chi connectivity index (χ2v) is 11.9. The quantitative estimate of drug-likeness (QED) is 0.437. The maximum absolute atomic E-state index is 13.6. The first kappa shape index (κ1) is 23.6. The van der Waals surface area contributed by atoms with Crippen molar-refractivity contribution in [3.05, 3.63) is 94.9 Å². The van der Waals surface area contributed by atoms with Gasteiger partial charge >= 0.3 is 0 Å². The number of amides is 1. The second-order valence-electron chi connectivity index (χ2n) is 9.98. The molecule has 6 rings (SSSR count). The minimum Gasteiger partial charge on any atom is -0.326 e. The number of aromatic nitrogens is 1. The molecule has 1 saturated heterocycles. The lowest BCUT2D eigenvalue weighted by Gasteiger charge is -2.42. The zero-order valence-electron chi connectivity index (χ0n) is 20.4. The Bertz CT molecular complexity index is 1690. The van der Waals surface area contributed by atoms with Gasteiger partial charge in [-0.15, -0.1) is 0 Å². The fraction of sp³-hybridized carbons (Fsp3) is 0.241. The molecule has 3 heterocycles. The summed E-state index contributed by atoms with van der Waals surface area (Å²) in [5.41, 5.74) is 2.98. The highest BCUT2D eigenvalue weighted by molar-refractivity contribution is 7.89. The maximum atomic E-state index is 13.6. The molecule has 1 N–H and O–H groups in total. The molecule has 7 nitrogen and oxygen atoms in total. The van der Waals surface area contributed by atoms with Crippen LogP contribution in [0.2, 0.25) is 0 Å². The minimum atomic E-state index is -3.70. The first-order valence-corrected chi connectivity index (χ1v) is 13.8. The van der Waals surface area contributed by atoms with Crippen LogP contribution in [0.5, 0.6) is 0 Å². The fourth-order valence-electron chi connectivity index (χ4n) is 5.74. The summed E-state index contributed by atoms with van der Waals surface area (Å²) in [7, 11) is -3.70. The van der Waals surface area contributed by atoms with Crippen molar-refractivity contribution < 1.29 is 13.2 Å². The van der Waals surface area contributed by atoms with Crippen LogP contribution in [0.3, 0.4) is 0 Å². The van der Waals surface area contributed by atoms with Crippen molar-refractivity contribution in [1.82, 2.24) is 8.87 Å². The van der Waals surface area contributed by atoms with Gasteiger partial charge in [0, 0.05) is 49.4 Å². The molecule has 0 unspecified atom stereocenters. The van der Waals surface area contributed by atoms with E-state index in [2.05, 4.69) is 11.4 Å². The van der Waals surface area contributed by atoms with E-state index in [1.54, 1.807) is 16.4 Å². The Morgan fingerprint density at radius 1 is 0.892 bits per heavy atom. The Kier molecular flexibility index (Phi) is 5.73. The molecule has 37 heavy (non-hydrogen) atoms. The normalized spacial score (nSPS) is 19.4. The largest absolute Gasteiger partial charge is 0.326 e. The number of hydrogen-bond acceptors (Lipinski definition) is 4. The van der Waals surface area contributed by atoms with Gasteiger partial charge in [-0.1, -0.05) is 36.4 Å². The van der Waals surface area contributed by atoms with Gasteiger partial charge in [0.15, 0.2) is 0 Å². The third-order valence-electron chi connectivity index (χ3n) is 7.44. The molecule has 1 fully saturated rings. The second kappa shape index (κ2) is 8.97. The number of pyridine rings is 1. The zero-order chi connectivity index (χ0) is 25.7. The van der Waals surface area contributed by atoms with E-state index >= 15 is 0 Å². The van der Waals surface area contributed by atoms with Crippen molar-refractivity contribution in [3.63, 3.8) is 0 Å². The number of carbonyl (C=O) groups is 1. The molecule has 0 saturated carbocycles. The fourth-order valence-corrected chi connectivity index (χ4v) is 7.30. The average molecular weight is 514 g/mol. The van der Waals surface area contributed by atoms with Gasteiger partial charge in [0.05, 0.1) is 4.90 Å². The van der Waals surface area contributed by atoms with Crippen molar-refractivity contribution in [2.24, 2.45) is 5.92 Å². The van der Waals surface area contributed by atoms with Gasteiger partial charge in [0.25, 0.3) is 5.56 Å². The number of rotatable bonds is 4. The van der Waals surface area contributed by atoms with Gasteiger partial charge in [0.2, 0.25) is 15.9 Å². The van der Waals surface area contributed by atoms with Gasteiger partial charge in [-0.05, 0) is 71.1 Å². The molecule has 1 aromatic heterocycles. The van der Waals surface area contributed by atoms with E-state index in [0.717, 1.165) is 28.5 Å². The van der Waals surface area contributed by atoms with E-state index in [9.17, 15) is 18.0 Å². The molecule has 2 atom stereocenters. The lowest BCUT2D eigenvalue weighted by atomic mass is 9.84. The monoisotopic (exact) mass is 513 g/mol. The standard InChI is InChI=1S/C29H27N3O4S/c1-19(33)30-25-8-10-26(11-9-25)37(35,36)31-16-20-14-24(18-31)28-13-12-27(29(34)32(28)17-20)23-7-6-21-4-2-3-5-22(21)15-23/h2-13,15,20,24H,14,16-18H2,1H3,(H,30,33)/t20-,24-/m1/s1. The van der Waals surface area contributed by atoms with Crippen LogP contribution in [0.15, 0.2) is 88.6 Å². The zero-order valence-corrected chi connectivity index (χ0v) is 21.2. The number of benzene rings is 3. The summed E-state index contributed by atoms with van der Waals surface area (Å²) < 4.78 is 30.3. The molecule has 3 aromatic carbocycles. The summed E-state index contributed by atoms with van der Waals surface area (Å²) in [5, 5.41) is 4.87. The number of anilines is 1. The molecule has 2 bridgehead atoms. The maximum Gasteiger partial charge on any atom is 0.258 e. The van der Waals surface area contributed by atoms with Crippen LogP contribution in [0.25, 0.3) is 21.9 Å². The number of carbonyl (C=O) groups excluding carboxylic acids is 1. The van der Waals surface area contributed by atoms with Gasteiger partial charge < -0.3 is 9.88 Å². The molecule has 8 heteroatoms. The Labute approximate surface area is 215 Å². The van der Waals surface area contributed by atoms with Gasteiger partial charge in [0.1, 0.15) is 0 Å². The van der Waals surface area contributed by atoms with Crippen LogP contribution >= 0.6 is 0 Å². The third-order valence-corrected chi connectivity index (χ3v) is 9.29. The van der Waals surface area contributed by atoms with Crippen LogP contribution in [-0.2, 0) is 21.4 Å². The van der Waals surface area contributed by atoms with E-state index in [0.29, 0.717) is 30.9 Å². The number of sulfonamides is 1. The van der Waals surface area contributed by atoms with E-state index in [4.69, 9.17) is 0 Å². The van der Waals surface area contributed by atoms with Crippen LogP contribution in [-0.4, -0.2) is 36.3 Å². The number of nitrogens with zero attached hydrogens (tertiary/aromatic N) is 2. The Morgan fingerprint density at radius 2 is 1.65 bits per heavy atom. The number of nitrogens with one attached hydrogen (secondary N) is 1. The Hall–Kier alpha value is -3.75. The Morgan fingerprint density at radius 3 is 2.41 bits per heavy atom. The van der Waals surface area contributed by atoms with Crippen molar-refractivity contribution in [2.75, 3.05) is 18.4 Å². The number of hydrogen-bond donors (Lipinski definition) is 1. The van der Waals surface area contributed by atoms with Crippen molar-refractivity contribution in [2.45, 2.75) is 30.7 Å².